The van der Waals surface area contributed by atoms with Crippen molar-refractivity contribution in [2.75, 3.05) is 52.7 Å². The quantitative estimate of drug-likeness (QED) is 0.253. The van der Waals surface area contributed by atoms with E-state index in [9.17, 15) is 9.59 Å². The lowest BCUT2D eigenvalue weighted by molar-refractivity contribution is -0.109. The normalized spacial score (nSPS) is 10.6. The van der Waals surface area contributed by atoms with E-state index in [0.717, 1.165) is 6.42 Å². The molecule has 0 atom stereocenters. The van der Waals surface area contributed by atoms with Crippen LogP contribution in [0.2, 0.25) is 0 Å². The van der Waals surface area contributed by atoms with Crippen LogP contribution in [0.5, 0.6) is 0 Å². The Hall–Kier alpha value is -2.07. The van der Waals surface area contributed by atoms with Crippen LogP contribution in [0, 0.1) is 0 Å². The van der Waals surface area contributed by atoms with Gasteiger partial charge in [-0.1, -0.05) is 0 Å². The number of nitrogens with zero attached hydrogens (tertiary/aromatic N) is 1. The number of hydrogen-bond acceptors (Lipinski definition) is 7. The van der Waals surface area contributed by atoms with Gasteiger partial charge in [0.1, 0.15) is 5.69 Å². The van der Waals surface area contributed by atoms with Gasteiger partial charge in [-0.15, -0.1) is 0 Å². The minimum Gasteiger partial charge on any atom is -0.392 e. The van der Waals surface area contributed by atoms with Crippen LogP contribution in [0.3, 0.4) is 0 Å². The van der Waals surface area contributed by atoms with Gasteiger partial charge in [0, 0.05) is 32.5 Å². The molecule has 0 saturated heterocycles. The van der Waals surface area contributed by atoms with Gasteiger partial charge in [0.05, 0.1) is 33.0 Å². The van der Waals surface area contributed by atoms with E-state index < -0.39 is 0 Å². The summed E-state index contributed by atoms with van der Waals surface area (Å²) in [6.45, 7) is 4.07. The Labute approximate surface area is 159 Å². The first kappa shape index (κ1) is 23.0. The molecular weight excluding hydrogens is 354 g/mol. The smallest absolute Gasteiger partial charge is 0.269 e. The lowest BCUT2D eigenvalue weighted by atomic mass is 10.2. The topological polar surface area (TPSA) is 119 Å². The maximum Gasteiger partial charge on any atom is 0.269 e. The standard InChI is InChI=1S/C18H29N3O6/c22-14-16-3-6-20-17(13-16)18(24)21-5-2-8-26-10-12-27-11-9-25-7-1-4-19-15-23/h3,6,13,15,22H,1-2,4-5,7-12,14H2,(H,19,23)(H,21,24). The van der Waals surface area contributed by atoms with Crippen molar-refractivity contribution in [2.45, 2.75) is 19.4 Å². The van der Waals surface area contributed by atoms with Crippen LogP contribution in [0.15, 0.2) is 18.3 Å². The van der Waals surface area contributed by atoms with Crippen molar-refractivity contribution in [3.63, 3.8) is 0 Å². The monoisotopic (exact) mass is 383 g/mol. The third kappa shape index (κ3) is 12.0. The van der Waals surface area contributed by atoms with E-state index in [0.29, 0.717) is 71.1 Å². The van der Waals surface area contributed by atoms with Gasteiger partial charge in [0.15, 0.2) is 0 Å². The summed E-state index contributed by atoms with van der Waals surface area (Å²) in [7, 11) is 0. The van der Waals surface area contributed by atoms with E-state index in [1.807, 2.05) is 0 Å². The van der Waals surface area contributed by atoms with Gasteiger partial charge < -0.3 is 30.0 Å². The molecule has 0 aromatic carbocycles. The van der Waals surface area contributed by atoms with Crippen molar-refractivity contribution in [2.24, 2.45) is 0 Å². The summed E-state index contributed by atoms with van der Waals surface area (Å²) in [6, 6.07) is 3.22. The predicted molar refractivity (Wildman–Crippen MR) is 98.3 cm³/mol. The molecule has 1 heterocycles. The molecule has 0 spiro atoms. The predicted octanol–water partition coefficient (Wildman–Crippen LogP) is -0.120. The number of carbonyl (C=O) groups excluding carboxylic acids is 2. The van der Waals surface area contributed by atoms with Crippen LogP contribution < -0.4 is 10.6 Å². The number of nitrogens with one attached hydrogen (secondary N) is 2. The molecule has 152 valence electrons. The number of ether oxygens (including phenoxy) is 3. The molecule has 1 aromatic rings. The molecule has 1 aromatic heterocycles. The second-order valence-corrected chi connectivity index (χ2v) is 5.58. The zero-order valence-corrected chi connectivity index (χ0v) is 15.5. The number of rotatable bonds is 17. The Morgan fingerprint density at radius 3 is 2.30 bits per heavy atom. The first-order valence-corrected chi connectivity index (χ1v) is 9.02. The number of aliphatic hydroxyl groups excluding tert-OH is 1. The van der Waals surface area contributed by atoms with Crippen molar-refractivity contribution in [1.29, 1.82) is 0 Å². The number of carbonyl (C=O) groups is 2. The summed E-state index contributed by atoms with van der Waals surface area (Å²) in [5.74, 6) is -0.268. The van der Waals surface area contributed by atoms with Crippen LogP contribution in [0.1, 0.15) is 28.9 Å². The minimum atomic E-state index is -0.268. The molecule has 3 N–H and O–H groups in total. The van der Waals surface area contributed by atoms with Crippen LogP contribution in [0.4, 0.5) is 0 Å². The van der Waals surface area contributed by atoms with E-state index in [1.165, 1.54) is 6.20 Å². The lowest BCUT2D eigenvalue weighted by Gasteiger charge is -2.08. The molecule has 9 heteroatoms. The molecule has 0 aliphatic heterocycles. The Bertz CT molecular complexity index is 530. The van der Waals surface area contributed by atoms with E-state index in [-0.39, 0.29) is 18.2 Å². The lowest BCUT2D eigenvalue weighted by Crippen LogP contribution is -2.26. The summed E-state index contributed by atoms with van der Waals surface area (Å²) in [6.07, 6.45) is 3.63. The number of hydrogen-bond donors (Lipinski definition) is 3. The average molecular weight is 383 g/mol. The zero-order valence-electron chi connectivity index (χ0n) is 15.5. The molecule has 0 saturated carbocycles. The highest BCUT2D eigenvalue weighted by Gasteiger charge is 2.06. The fraction of sp³-hybridized carbons (Fsp3) is 0.611. The Morgan fingerprint density at radius 1 is 1.04 bits per heavy atom. The molecule has 27 heavy (non-hydrogen) atoms. The second-order valence-electron chi connectivity index (χ2n) is 5.58. The SMILES string of the molecule is O=CNCCCOCCOCCOCCCNC(=O)c1cc(CO)ccn1. The summed E-state index contributed by atoms with van der Waals surface area (Å²) >= 11 is 0. The Balaban J connectivity index is 1.87. The van der Waals surface area contributed by atoms with Gasteiger partial charge in [0.25, 0.3) is 5.91 Å². The molecule has 1 rings (SSSR count). The molecule has 0 bridgehead atoms. The zero-order chi connectivity index (χ0) is 19.6. The minimum absolute atomic E-state index is 0.121. The van der Waals surface area contributed by atoms with E-state index in [4.69, 9.17) is 19.3 Å². The molecule has 2 amide bonds. The fourth-order valence-corrected chi connectivity index (χ4v) is 2.04. The highest BCUT2D eigenvalue weighted by Crippen LogP contribution is 2.01. The van der Waals surface area contributed by atoms with E-state index in [1.54, 1.807) is 12.1 Å². The van der Waals surface area contributed by atoms with Crippen LogP contribution in [0.25, 0.3) is 0 Å². The van der Waals surface area contributed by atoms with Gasteiger partial charge >= 0.3 is 0 Å². The summed E-state index contributed by atoms with van der Waals surface area (Å²) in [4.78, 5) is 25.9. The van der Waals surface area contributed by atoms with Crippen molar-refractivity contribution >= 4 is 12.3 Å². The molecule has 0 aliphatic rings. The second kappa shape index (κ2) is 16.1. The van der Waals surface area contributed by atoms with Gasteiger partial charge in [-0.25, -0.2) is 0 Å². The number of aliphatic hydroxyl groups is 1. The van der Waals surface area contributed by atoms with Crippen LogP contribution >= 0.6 is 0 Å². The first-order valence-electron chi connectivity index (χ1n) is 9.02. The van der Waals surface area contributed by atoms with Crippen molar-refractivity contribution in [1.82, 2.24) is 15.6 Å². The fourth-order valence-electron chi connectivity index (χ4n) is 2.04. The maximum absolute atomic E-state index is 11.9. The van der Waals surface area contributed by atoms with Gasteiger partial charge in [-0.3, -0.25) is 14.6 Å². The third-order valence-electron chi connectivity index (χ3n) is 3.43. The van der Waals surface area contributed by atoms with Gasteiger partial charge in [-0.2, -0.15) is 0 Å². The molecule has 0 aliphatic carbocycles. The summed E-state index contributed by atoms with van der Waals surface area (Å²) in [5, 5.41) is 14.4. The number of aromatic nitrogens is 1. The first-order chi connectivity index (χ1) is 13.3. The Kier molecular flexibility index (Phi) is 13.7. The van der Waals surface area contributed by atoms with Gasteiger partial charge in [0.2, 0.25) is 6.41 Å². The molecule has 0 unspecified atom stereocenters. The van der Waals surface area contributed by atoms with E-state index in [2.05, 4.69) is 15.6 Å². The van der Waals surface area contributed by atoms with Gasteiger partial charge in [-0.05, 0) is 30.5 Å². The molecular formula is C18H29N3O6. The Morgan fingerprint density at radius 2 is 1.67 bits per heavy atom. The van der Waals surface area contributed by atoms with Crippen molar-refractivity contribution in [3.8, 4) is 0 Å². The number of pyridine rings is 1. The summed E-state index contributed by atoms with van der Waals surface area (Å²) in [5.41, 5.74) is 0.942. The van der Waals surface area contributed by atoms with Crippen LogP contribution in [-0.2, 0) is 25.6 Å². The highest BCUT2D eigenvalue weighted by atomic mass is 16.5. The van der Waals surface area contributed by atoms with Crippen molar-refractivity contribution < 1.29 is 28.9 Å². The van der Waals surface area contributed by atoms with Crippen LogP contribution in [-0.4, -0.2) is 75.1 Å². The molecule has 9 nitrogen and oxygen atoms in total. The third-order valence-corrected chi connectivity index (χ3v) is 3.43. The number of amides is 2. The maximum atomic E-state index is 11.9. The van der Waals surface area contributed by atoms with E-state index >= 15 is 0 Å². The highest BCUT2D eigenvalue weighted by molar-refractivity contribution is 5.92. The average Bonchev–Trinajstić information content (AvgIpc) is 2.70. The largest absolute Gasteiger partial charge is 0.392 e. The van der Waals surface area contributed by atoms with Crippen molar-refractivity contribution in [3.05, 3.63) is 29.6 Å². The molecule has 0 radical (unpaired) electrons. The summed E-state index contributed by atoms with van der Waals surface area (Å²) < 4.78 is 16.1. The molecule has 0 fully saturated rings.